The van der Waals surface area contributed by atoms with E-state index in [1.807, 2.05) is 32.2 Å². The summed E-state index contributed by atoms with van der Waals surface area (Å²) in [5.74, 6) is 0.686. The maximum Gasteiger partial charge on any atom is 0.215 e. The lowest BCUT2D eigenvalue weighted by molar-refractivity contribution is -0.126. The van der Waals surface area contributed by atoms with Crippen LogP contribution in [-0.2, 0) is 27.7 Å². The van der Waals surface area contributed by atoms with E-state index in [2.05, 4.69) is 25.1 Å². The van der Waals surface area contributed by atoms with Crippen LogP contribution >= 0.6 is 11.6 Å². The number of pyridine rings is 1. The molecule has 2 heterocycles. The number of rotatable bonds is 3. The van der Waals surface area contributed by atoms with Crippen molar-refractivity contribution in [2.45, 2.75) is 65.7 Å². The Morgan fingerprint density at radius 1 is 1.08 bits per heavy atom. The molecule has 1 saturated heterocycles. The van der Waals surface area contributed by atoms with Gasteiger partial charge in [0.15, 0.2) is 0 Å². The number of halogens is 1. The largest absolute Gasteiger partial charge is 0.299 e. The first-order valence-electron chi connectivity index (χ1n) is 13.7. The third-order valence-electron chi connectivity index (χ3n) is 9.18. The standard InChI is InChI=1S/C28H31ClN2O3S.C2H6/c1-18-21-8-11-28(18,25(32)16-21)17-35(33,34)31-13-9-19(10-14-31)26-24-7-6-23(29)15-22(24)5-4-20-3-2-12-30-27(20)26;1-2/h2-3,6-7,12,15,18,21H,4-5,8-11,13-14,16-17H2,1H3;1-2H3. The minimum absolute atomic E-state index is 0.0197. The molecule has 3 atom stereocenters. The minimum Gasteiger partial charge on any atom is -0.299 e. The number of fused-ring (bicyclic) bond motifs is 4. The van der Waals surface area contributed by atoms with Gasteiger partial charge in [-0.05, 0) is 85.3 Å². The molecule has 3 aliphatic carbocycles. The Bertz CT molecular complexity index is 1340. The molecular formula is C30H37ClN2O3S. The molecule has 0 spiro atoms. The number of sulfonamides is 1. The summed E-state index contributed by atoms with van der Waals surface area (Å²) in [4.78, 5) is 17.5. The van der Waals surface area contributed by atoms with Crippen molar-refractivity contribution in [3.63, 3.8) is 0 Å². The summed E-state index contributed by atoms with van der Waals surface area (Å²) in [7, 11) is -3.51. The fourth-order valence-electron chi connectivity index (χ4n) is 7.10. The van der Waals surface area contributed by atoms with E-state index in [-0.39, 0.29) is 17.5 Å². The van der Waals surface area contributed by atoms with E-state index in [0.717, 1.165) is 42.0 Å². The van der Waals surface area contributed by atoms with Gasteiger partial charge in [0.25, 0.3) is 0 Å². The van der Waals surface area contributed by atoms with Crippen LogP contribution < -0.4 is 0 Å². The number of aryl methyl sites for hydroxylation is 2. The van der Waals surface area contributed by atoms with Crippen LogP contribution in [0.3, 0.4) is 0 Å². The average molecular weight is 541 g/mol. The van der Waals surface area contributed by atoms with Gasteiger partial charge in [-0.3, -0.25) is 9.78 Å². The second-order valence-corrected chi connectivity index (χ2v) is 13.2. The topological polar surface area (TPSA) is 67.3 Å². The van der Waals surface area contributed by atoms with Crippen LogP contribution in [0.25, 0.3) is 5.57 Å². The SMILES string of the molecule is CC.CC1C2CCC1(CS(=O)(=O)N1CCC(=C3c4ccc(Cl)cc4CCc4cccnc43)CC1)C(=O)C2. The molecule has 2 bridgehead atoms. The van der Waals surface area contributed by atoms with E-state index in [1.165, 1.54) is 22.3 Å². The second kappa shape index (κ2) is 10.3. The van der Waals surface area contributed by atoms with Gasteiger partial charge in [0.2, 0.25) is 10.0 Å². The molecule has 3 fully saturated rings. The lowest BCUT2D eigenvalue weighted by Crippen LogP contribution is -2.45. The van der Waals surface area contributed by atoms with E-state index in [9.17, 15) is 13.2 Å². The minimum atomic E-state index is -3.51. The van der Waals surface area contributed by atoms with Crippen molar-refractivity contribution in [2.24, 2.45) is 17.3 Å². The molecule has 2 saturated carbocycles. The van der Waals surface area contributed by atoms with Crippen LogP contribution in [0.2, 0.25) is 5.02 Å². The first-order chi connectivity index (χ1) is 17.8. The van der Waals surface area contributed by atoms with Gasteiger partial charge < -0.3 is 0 Å². The molecule has 1 aliphatic heterocycles. The van der Waals surface area contributed by atoms with E-state index >= 15 is 0 Å². The fraction of sp³-hybridized carbons (Fsp3) is 0.533. The second-order valence-electron chi connectivity index (χ2n) is 10.8. The highest BCUT2D eigenvalue weighted by Crippen LogP contribution is 2.56. The molecular weight excluding hydrogens is 504 g/mol. The van der Waals surface area contributed by atoms with Crippen LogP contribution in [-0.4, -0.2) is 42.3 Å². The summed E-state index contributed by atoms with van der Waals surface area (Å²) in [6.45, 7) is 6.99. The van der Waals surface area contributed by atoms with Gasteiger partial charge in [-0.15, -0.1) is 0 Å². The number of aromatic nitrogens is 1. The van der Waals surface area contributed by atoms with Crippen LogP contribution in [0.1, 0.15) is 75.3 Å². The Labute approximate surface area is 226 Å². The summed E-state index contributed by atoms with van der Waals surface area (Å²) in [5.41, 5.74) is 6.37. The molecule has 1 aromatic heterocycles. The summed E-state index contributed by atoms with van der Waals surface area (Å²) in [6, 6.07) is 10.2. The van der Waals surface area contributed by atoms with Crippen LogP contribution in [0.4, 0.5) is 0 Å². The van der Waals surface area contributed by atoms with Gasteiger partial charge in [-0.2, -0.15) is 0 Å². The van der Waals surface area contributed by atoms with Gasteiger partial charge >= 0.3 is 0 Å². The lowest BCUT2D eigenvalue weighted by Gasteiger charge is -2.34. The summed E-state index contributed by atoms with van der Waals surface area (Å²) < 4.78 is 28.7. The van der Waals surface area contributed by atoms with Gasteiger partial charge in [0.1, 0.15) is 5.78 Å². The third kappa shape index (κ3) is 4.59. The number of carbonyl (C=O) groups excluding carboxylic acids is 1. The Balaban J connectivity index is 0.00000137. The van der Waals surface area contributed by atoms with Gasteiger partial charge in [-0.1, -0.05) is 50.1 Å². The van der Waals surface area contributed by atoms with Crippen LogP contribution in [0.5, 0.6) is 0 Å². The van der Waals surface area contributed by atoms with Crippen molar-refractivity contribution >= 4 is 33.0 Å². The van der Waals surface area contributed by atoms with Crippen molar-refractivity contribution in [1.29, 1.82) is 0 Å². The first kappa shape index (κ1) is 26.6. The van der Waals surface area contributed by atoms with Gasteiger partial charge in [-0.25, -0.2) is 12.7 Å². The first-order valence-corrected chi connectivity index (χ1v) is 15.7. The number of hydrogen-bond acceptors (Lipinski definition) is 4. The van der Waals surface area contributed by atoms with Gasteiger partial charge in [0, 0.05) is 41.7 Å². The molecule has 4 aliphatic rings. The molecule has 3 unspecified atom stereocenters. The number of piperidine rings is 1. The summed E-state index contributed by atoms with van der Waals surface area (Å²) in [5, 5.41) is 0.733. The van der Waals surface area contributed by atoms with Crippen LogP contribution in [0.15, 0.2) is 42.1 Å². The van der Waals surface area contributed by atoms with E-state index in [4.69, 9.17) is 16.6 Å². The van der Waals surface area contributed by atoms with Crippen molar-refractivity contribution in [1.82, 2.24) is 9.29 Å². The van der Waals surface area contributed by atoms with E-state index < -0.39 is 15.4 Å². The van der Waals surface area contributed by atoms with Crippen molar-refractivity contribution in [3.8, 4) is 0 Å². The number of carbonyl (C=O) groups is 1. The smallest absolute Gasteiger partial charge is 0.215 e. The molecule has 0 amide bonds. The van der Waals surface area contributed by atoms with E-state index in [0.29, 0.717) is 38.3 Å². The van der Waals surface area contributed by atoms with Gasteiger partial charge in [0.05, 0.1) is 11.4 Å². The Kier molecular flexibility index (Phi) is 7.38. The highest BCUT2D eigenvalue weighted by molar-refractivity contribution is 7.89. The highest BCUT2D eigenvalue weighted by atomic mass is 35.5. The maximum absolute atomic E-state index is 13.5. The molecule has 37 heavy (non-hydrogen) atoms. The zero-order valence-electron chi connectivity index (χ0n) is 22.1. The highest BCUT2D eigenvalue weighted by Gasteiger charge is 2.59. The number of benzene rings is 1. The molecule has 0 N–H and O–H groups in total. The predicted molar refractivity (Wildman–Crippen MR) is 149 cm³/mol. The van der Waals surface area contributed by atoms with Crippen molar-refractivity contribution in [3.05, 3.63) is 69.5 Å². The van der Waals surface area contributed by atoms with Crippen molar-refractivity contribution in [2.75, 3.05) is 18.8 Å². The van der Waals surface area contributed by atoms with E-state index in [1.54, 1.807) is 4.31 Å². The molecule has 6 rings (SSSR count). The number of ketones is 1. The van der Waals surface area contributed by atoms with Crippen LogP contribution in [0, 0.1) is 17.3 Å². The quantitative estimate of drug-likeness (QED) is 0.472. The molecule has 2 aromatic rings. The maximum atomic E-state index is 13.5. The molecule has 0 radical (unpaired) electrons. The zero-order valence-corrected chi connectivity index (χ0v) is 23.7. The molecule has 5 nitrogen and oxygen atoms in total. The third-order valence-corrected chi connectivity index (χ3v) is 11.5. The normalized spacial score (nSPS) is 27.3. The number of nitrogens with zero attached hydrogens (tertiary/aromatic N) is 2. The summed E-state index contributed by atoms with van der Waals surface area (Å²) in [6.07, 6.45) is 7.26. The number of hydrogen-bond donors (Lipinski definition) is 0. The Morgan fingerprint density at radius 2 is 1.81 bits per heavy atom. The monoisotopic (exact) mass is 540 g/mol. The summed E-state index contributed by atoms with van der Waals surface area (Å²) >= 11 is 6.33. The fourth-order valence-corrected chi connectivity index (χ4v) is 9.44. The molecule has 198 valence electrons. The molecule has 7 heteroatoms. The Morgan fingerprint density at radius 3 is 2.49 bits per heavy atom. The average Bonchev–Trinajstić information content (AvgIpc) is 3.24. The Hall–Kier alpha value is -2.02. The zero-order chi connectivity index (χ0) is 26.4. The molecule has 1 aromatic carbocycles. The predicted octanol–water partition coefficient (Wildman–Crippen LogP) is 6.09. The number of Topliss-reactive ketones (excluding diaryl/α,β-unsaturated/α-hetero) is 1. The van der Waals surface area contributed by atoms with Crippen molar-refractivity contribution < 1.29 is 13.2 Å². The lowest BCUT2D eigenvalue weighted by atomic mass is 9.81.